The van der Waals surface area contributed by atoms with Crippen LogP contribution in [-0.4, -0.2) is 25.0 Å². The largest absolute Gasteiger partial charge is 0.490 e. The van der Waals surface area contributed by atoms with E-state index < -0.39 is 0 Å². The van der Waals surface area contributed by atoms with Crippen LogP contribution in [0.4, 0.5) is 11.4 Å². The highest BCUT2D eigenvalue weighted by Crippen LogP contribution is 2.37. The number of benzene rings is 2. The zero-order valence-electron chi connectivity index (χ0n) is 13.6. The minimum absolute atomic E-state index is 0.205. The van der Waals surface area contributed by atoms with Crippen molar-refractivity contribution >= 4 is 34.8 Å². The molecular formula is C18H17ClN2O4. The summed E-state index contributed by atoms with van der Waals surface area (Å²) < 4.78 is 11.2. The van der Waals surface area contributed by atoms with Crippen LogP contribution in [-0.2, 0) is 4.79 Å². The molecule has 0 spiro atoms. The van der Waals surface area contributed by atoms with Gasteiger partial charge in [0.1, 0.15) is 0 Å². The molecule has 0 radical (unpaired) electrons. The van der Waals surface area contributed by atoms with Crippen molar-refractivity contribution in [2.45, 2.75) is 13.3 Å². The molecule has 1 aliphatic rings. The predicted octanol–water partition coefficient (Wildman–Crippen LogP) is 3.71. The number of nitrogens with one attached hydrogen (secondary N) is 2. The fourth-order valence-electron chi connectivity index (χ4n) is 2.42. The Labute approximate surface area is 150 Å². The van der Waals surface area contributed by atoms with Gasteiger partial charge < -0.3 is 20.1 Å². The van der Waals surface area contributed by atoms with E-state index in [1.54, 1.807) is 36.4 Å². The molecule has 2 aromatic carbocycles. The third-order valence-corrected chi connectivity index (χ3v) is 3.84. The molecule has 130 valence electrons. The average Bonchev–Trinajstić information content (AvgIpc) is 2.79. The maximum atomic E-state index is 12.5. The third-order valence-electron chi connectivity index (χ3n) is 3.53. The topological polar surface area (TPSA) is 76.7 Å². The second kappa shape index (κ2) is 7.44. The Morgan fingerprint density at radius 1 is 1.04 bits per heavy atom. The number of carbonyl (C=O) groups is 2. The molecule has 0 aliphatic carbocycles. The number of rotatable bonds is 3. The van der Waals surface area contributed by atoms with Gasteiger partial charge in [-0.15, -0.1) is 0 Å². The number of amides is 2. The first kappa shape index (κ1) is 17.1. The minimum Gasteiger partial charge on any atom is -0.490 e. The predicted molar refractivity (Wildman–Crippen MR) is 95.8 cm³/mol. The summed E-state index contributed by atoms with van der Waals surface area (Å²) >= 11 is 6.24. The Morgan fingerprint density at radius 3 is 2.48 bits per heavy atom. The molecule has 1 aliphatic heterocycles. The van der Waals surface area contributed by atoms with Crippen LogP contribution in [0.5, 0.6) is 11.5 Å². The van der Waals surface area contributed by atoms with Crippen molar-refractivity contribution in [3.8, 4) is 11.5 Å². The van der Waals surface area contributed by atoms with E-state index in [2.05, 4.69) is 10.6 Å². The lowest BCUT2D eigenvalue weighted by Gasteiger charge is -2.13. The molecule has 0 fully saturated rings. The van der Waals surface area contributed by atoms with Crippen LogP contribution in [0.1, 0.15) is 23.7 Å². The molecule has 0 aromatic heterocycles. The molecule has 0 bridgehead atoms. The average molecular weight is 361 g/mol. The minimum atomic E-state index is -0.344. The first-order chi connectivity index (χ1) is 12.0. The highest BCUT2D eigenvalue weighted by molar-refractivity contribution is 6.34. The summed E-state index contributed by atoms with van der Waals surface area (Å²) in [6.45, 7) is 2.51. The molecule has 0 atom stereocenters. The van der Waals surface area contributed by atoms with Crippen molar-refractivity contribution in [1.29, 1.82) is 0 Å². The Kier molecular flexibility index (Phi) is 5.09. The van der Waals surface area contributed by atoms with Gasteiger partial charge in [0.15, 0.2) is 11.5 Å². The summed E-state index contributed by atoms with van der Waals surface area (Å²) in [7, 11) is 0. The van der Waals surface area contributed by atoms with Gasteiger partial charge in [-0.1, -0.05) is 17.7 Å². The number of carbonyl (C=O) groups excluding carboxylic acids is 2. The molecule has 2 amide bonds. The van der Waals surface area contributed by atoms with Gasteiger partial charge in [0.05, 0.1) is 23.9 Å². The van der Waals surface area contributed by atoms with Crippen molar-refractivity contribution in [2.24, 2.45) is 0 Å². The van der Waals surface area contributed by atoms with E-state index in [0.29, 0.717) is 46.7 Å². The number of ether oxygens (including phenoxy) is 2. The molecule has 7 heteroatoms. The van der Waals surface area contributed by atoms with Gasteiger partial charge in [-0.3, -0.25) is 9.59 Å². The number of fused-ring (bicyclic) bond motifs is 1. The van der Waals surface area contributed by atoms with E-state index in [0.717, 1.165) is 6.42 Å². The monoisotopic (exact) mass is 360 g/mol. The van der Waals surface area contributed by atoms with E-state index >= 15 is 0 Å². The van der Waals surface area contributed by atoms with Gasteiger partial charge in [-0.2, -0.15) is 0 Å². The third kappa shape index (κ3) is 4.22. The van der Waals surface area contributed by atoms with Crippen molar-refractivity contribution in [3.05, 3.63) is 47.0 Å². The summed E-state index contributed by atoms with van der Waals surface area (Å²) in [5.41, 5.74) is 1.38. The molecule has 1 heterocycles. The standard InChI is InChI=1S/C18H17ClN2O4/c1-11(22)20-13-5-2-4-12(8-13)18(23)21-15-10-17-16(9-14(15)19)24-6-3-7-25-17/h2,4-5,8-10H,3,6-7H2,1H3,(H,20,22)(H,21,23). The summed E-state index contributed by atoms with van der Waals surface area (Å²) in [6.07, 6.45) is 0.782. The maximum Gasteiger partial charge on any atom is 0.255 e. The quantitative estimate of drug-likeness (QED) is 0.874. The molecule has 2 N–H and O–H groups in total. The Hall–Kier alpha value is -2.73. The van der Waals surface area contributed by atoms with E-state index in [1.165, 1.54) is 6.92 Å². The van der Waals surface area contributed by atoms with Gasteiger partial charge >= 0.3 is 0 Å². The highest BCUT2D eigenvalue weighted by atomic mass is 35.5. The smallest absolute Gasteiger partial charge is 0.255 e. The molecule has 25 heavy (non-hydrogen) atoms. The zero-order chi connectivity index (χ0) is 17.8. The van der Waals surface area contributed by atoms with Gasteiger partial charge in [-0.25, -0.2) is 0 Å². The lowest BCUT2D eigenvalue weighted by molar-refractivity contribution is -0.114. The van der Waals surface area contributed by atoms with Gasteiger partial charge in [-0.05, 0) is 18.2 Å². The fraction of sp³-hybridized carbons (Fsp3) is 0.222. The maximum absolute atomic E-state index is 12.5. The molecule has 0 unspecified atom stereocenters. The van der Waals surface area contributed by atoms with Gasteiger partial charge in [0, 0.05) is 36.7 Å². The second-order valence-electron chi connectivity index (χ2n) is 5.55. The molecule has 3 rings (SSSR count). The van der Waals surface area contributed by atoms with Crippen molar-refractivity contribution in [2.75, 3.05) is 23.8 Å². The summed E-state index contributed by atoms with van der Waals surface area (Å²) in [6, 6.07) is 9.92. The lowest BCUT2D eigenvalue weighted by atomic mass is 10.1. The fourth-order valence-corrected chi connectivity index (χ4v) is 2.62. The number of hydrogen-bond acceptors (Lipinski definition) is 4. The summed E-state index contributed by atoms with van der Waals surface area (Å²) in [4.78, 5) is 23.6. The van der Waals surface area contributed by atoms with Crippen LogP contribution in [0.25, 0.3) is 0 Å². The van der Waals surface area contributed by atoms with Crippen LogP contribution >= 0.6 is 11.6 Å². The van der Waals surface area contributed by atoms with Crippen LogP contribution in [0.15, 0.2) is 36.4 Å². The Morgan fingerprint density at radius 2 is 1.76 bits per heavy atom. The van der Waals surface area contributed by atoms with E-state index in [1.807, 2.05) is 0 Å². The summed E-state index contributed by atoms with van der Waals surface area (Å²) in [5.74, 6) is 0.560. The van der Waals surface area contributed by atoms with E-state index in [4.69, 9.17) is 21.1 Å². The molecular weight excluding hydrogens is 344 g/mol. The Bertz CT molecular complexity index is 823. The number of hydrogen-bond donors (Lipinski definition) is 2. The van der Waals surface area contributed by atoms with Gasteiger partial charge in [0.25, 0.3) is 5.91 Å². The van der Waals surface area contributed by atoms with Crippen molar-refractivity contribution in [3.63, 3.8) is 0 Å². The van der Waals surface area contributed by atoms with E-state index in [-0.39, 0.29) is 11.8 Å². The first-order valence-electron chi connectivity index (χ1n) is 7.81. The van der Waals surface area contributed by atoms with E-state index in [9.17, 15) is 9.59 Å². The SMILES string of the molecule is CC(=O)Nc1cccc(C(=O)Nc2cc3c(cc2Cl)OCCCO3)c1. The molecule has 6 nitrogen and oxygen atoms in total. The van der Waals surface area contributed by atoms with Crippen LogP contribution in [0.3, 0.4) is 0 Å². The zero-order valence-corrected chi connectivity index (χ0v) is 14.4. The van der Waals surface area contributed by atoms with Gasteiger partial charge in [0.2, 0.25) is 5.91 Å². The number of halogens is 1. The second-order valence-corrected chi connectivity index (χ2v) is 5.95. The highest BCUT2D eigenvalue weighted by Gasteiger charge is 2.16. The van der Waals surface area contributed by atoms with Crippen molar-refractivity contribution < 1.29 is 19.1 Å². The Balaban J connectivity index is 1.81. The first-order valence-corrected chi connectivity index (χ1v) is 8.19. The molecule has 0 saturated carbocycles. The van der Waals surface area contributed by atoms with Crippen molar-refractivity contribution in [1.82, 2.24) is 0 Å². The number of anilines is 2. The summed E-state index contributed by atoms with van der Waals surface area (Å²) in [5, 5.41) is 5.76. The molecule has 2 aromatic rings. The van der Waals surface area contributed by atoms with Crippen LogP contribution in [0, 0.1) is 0 Å². The normalized spacial score (nSPS) is 12.9. The molecule has 0 saturated heterocycles. The van der Waals surface area contributed by atoms with Crippen LogP contribution < -0.4 is 20.1 Å². The van der Waals surface area contributed by atoms with Crippen LogP contribution in [0.2, 0.25) is 5.02 Å². The lowest BCUT2D eigenvalue weighted by Crippen LogP contribution is -2.13.